The van der Waals surface area contributed by atoms with Gasteiger partial charge in [0.25, 0.3) is 5.91 Å². The van der Waals surface area contributed by atoms with Gasteiger partial charge in [0, 0.05) is 30.4 Å². The first-order valence-corrected chi connectivity index (χ1v) is 12.4. The molecule has 0 unspecified atom stereocenters. The van der Waals surface area contributed by atoms with Crippen LogP contribution >= 0.6 is 0 Å². The minimum atomic E-state index is -3.35. The molecule has 2 amide bonds. The van der Waals surface area contributed by atoms with Gasteiger partial charge >= 0.3 is 0 Å². The zero-order chi connectivity index (χ0) is 20.9. The van der Waals surface area contributed by atoms with E-state index in [1.807, 2.05) is 0 Å². The fraction of sp³-hybridized carbons (Fsp3) is 0.619. The zero-order valence-electron chi connectivity index (χ0n) is 17.0. The Bertz CT molecular complexity index is 815. The van der Waals surface area contributed by atoms with Gasteiger partial charge in [-0.25, -0.2) is 8.42 Å². The summed E-state index contributed by atoms with van der Waals surface area (Å²) < 4.78 is 25.0. The minimum absolute atomic E-state index is 0.0714. The van der Waals surface area contributed by atoms with E-state index in [1.165, 1.54) is 25.7 Å². The van der Waals surface area contributed by atoms with Crippen LogP contribution in [0.4, 0.5) is 5.69 Å². The predicted octanol–water partition coefficient (Wildman–Crippen LogP) is 2.75. The SMILES string of the molecule is CS(=O)(=O)Nc1ccc(C(=O)N2CCC[C@H](C(=O)NC3CCCCCC3)C2)cc1. The Morgan fingerprint density at radius 3 is 2.24 bits per heavy atom. The van der Waals surface area contributed by atoms with Crippen LogP contribution in [0.15, 0.2) is 24.3 Å². The number of anilines is 1. The van der Waals surface area contributed by atoms with Gasteiger partial charge in [-0.2, -0.15) is 0 Å². The first-order chi connectivity index (χ1) is 13.8. The highest BCUT2D eigenvalue weighted by atomic mass is 32.2. The molecule has 2 fully saturated rings. The molecule has 0 bridgehead atoms. The van der Waals surface area contributed by atoms with E-state index in [0.717, 1.165) is 31.9 Å². The number of piperidine rings is 1. The molecule has 0 aromatic heterocycles. The van der Waals surface area contributed by atoms with Crippen molar-refractivity contribution in [1.82, 2.24) is 10.2 Å². The van der Waals surface area contributed by atoms with Crippen molar-refractivity contribution in [2.24, 2.45) is 5.92 Å². The molecule has 1 aliphatic carbocycles. The third-order valence-electron chi connectivity index (χ3n) is 5.72. The molecular formula is C21H31N3O4S. The number of nitrogens with zero attached hydrogens (tertiary/aromatic N) is 1. The molecular weight excluding hydrogens is 390 g/mol. The highest BCUT2D eigenvalue weighted by molar-refractivity contribution is 7.92. The number of nitrogens with one attached hydrogen (secondary N) is 2. The second-order valence-electron chi connectivity index (χ2n) is 8.24. The average Bonchev–Trinajstić information content (AvgIpc) is 2.95. The Morgan fingerprint density at radius 2 is 1.62 bits per heavy atom. The maximum Gasteiger partial charge on any atom is 0.253 e. The number of sulfonamides is 1. The van der Waals surface area contributed by atoms with Crippen molar-refractivity contribution in [1.29, 1.82) is 0 Å². The Morgan fingerprint density at radius 1 is 0.966 bits per heavy atom. The van der Waals surface area contributed by atoms with Crippen molar-refractivity contribution in [2.75, 3.05) is 24.1 Å². The van der Waals surface area contributed by atoms with Gasteiger partial charge in [-0.05, 0) is 49.9 Å². The molecule has 1 aliphatic heterocycles. The summed E-state index contributed by atoms with van der Waals surface area (Å²) in [5.74, 6) is -0.216. The summed E-state index contributed by atoms with van der Waals surface area (Å²) in [7, 11) is -3.35. The fourth-order valence-electron chi connectivity index (χ4n) is 4.20. The second kappa shape index (κ2) is 9.61. The van der Waals surface area contributed by atoms with Crippen molar-refractivity contribution in [3.05, 3.63) is 29.8 Å². The van der Waals surface area contributed by atoms with Gasteiger partial charge in [0.1, 0.15) is 0 Å². The number of benzene rings is 1. The van der Waals surface area contributed by atoms with E-state index in [-0.39, 0.29) is 23.8 Å². The summed E-state index contributed by atoms with van der Waals surface area (Å²) in [6, 6.07) is 6.66. The molecule has 160 valence electrons. The average molecular weight is 422 g/mol. The number of rotatable bonds is 5. The van der Waals surface area contributed by atoms with Crippen LogP contribution in [0.1, 0.15) is 61.7 Å². The summed E-state index contributed by atoms with van der Waals surface area (Å²) in [5, 5.41) is 3.21. The summed E-state index contributed by atoms with van der Waals surface area (Å²) in [6.45, 7) is 1.07. The number of likely N-dealkylation sites (tertiary alicyclic amines) is 1. The van der Waals surface area contributed by atoms with Crippen LogP contribution in [0.2, 0.25) is 0 Å². The second-order valence-corrected chi connectivity index (χ2v) is 9.99. The molecule has 2 N–H and O–H groups in total. The molecule has 29 heavy (non-hydrogen) atoms. The van der Waals surface area contributed by atoms with Crippen LogP contribution in [-0.4, -0.2) is 50.5 Å². The van der Waals surface area contributed by atoms with Crippen LogP contribution in [0.5, 0.6) is 0 Å². The predicted molar refractivity (Wildman–Crippen MR) is 113 cm³/mol. The molecule has 1 aromatic carbocycles. The van der Waals surface area contributed by atoms with Crippen molar-refractivity contribution in [3.8, 4) is 0 Å². The number of hydrogen-bond acceptors (Lipinski definition) is 4. The summed E-state index contributed by atoms with van der Waals surface area (Å²) >= 11 is 0. The highest BCUT2D eigenvalue weighted by Crippen LogP contribution is 2.22. The standard InChI is InChI=1S/C21H31N3O4S/c1-29(27,28)23-19-12-10-16(11-13-19)21(26)24-14-6-7-17(15-24)20(25)22-18-8-4-2-3-5-9-18/h10-13,17-18,23H,2-9,14-15H2,1H3,(H,22,25)/t17-/m0/s1. The summed E-state index contributed by atoms with van der Waals surface area (Å²) in [5.41, 5.74) is 0.914. The Hall–Kier alpha value is -2.09. The molecule has 0 radical (unpaired) electrons. The highest BCUT2D eigenvalue weighted by Gasteiger charge is 2.30. The molecule has 1 heterocycles. The molecule has 1 aromatic rings. The number of amides is 2. The van der Waals surface area contributed by atoms with Crippen LogP contribution in [0.25, 0.3) is 0 Å². The Kier molecular flexibility index (Phi) is 7.16. The molecule has 1 saturated carbocycles. The fourth-order valence-corrected chi connectivity index (χ4v) is 4.76. The number of carbonyl (C=O) groups is 2. The monoisotopic (exact) mass is 421 g/mol. The molecule has 3 rings (SSSR count). The minimum Gasteiger partial charge on any atom is -0.353 e. The summed E-state index contributed by atoms with van der Waals surface area (Å²) in [6.07, 6.45) is 9.63. The Labute approximate surface area is 173 Å². The molecule has 2 aliphatic rings. The van der Waals surface area contributed by atoms with E-state index in [4.69, 9.17) is 0 Å². The number of hydrogen-bond donors (Lipinski definition) is 2. The third-order valence-corrected chi connectivity index (χ3v) is 6.32. The molecule has 1 saturated heterocycles. The van der Waals surface area contributed by atoms with Crippen LogP contribution < -0.4 is 10.0 Å². The van der Waals surface area contributed by atoms with Gasteiger partial charge in [0.2, 0.25) is 15.9 Å². The van der Waals surface area contributed by atoms with E-state index >= 15 is 0 Å². The van der Waals surface area contributed by atoms with Crippen LogP contribution in [0, 0.1) is 5.92 Å². The topological polar surface area (TPSA) is 95.6 Å². The zero-order valence-corrected chi connectivity index (χ0v) is 17.8. The molecule has 7 nitrogen and oxygen atoms in total. The van der Waals surface area contributed by atoms with Gasteiger partial charge in [-0.1, -0.05) is 25.7 Å². The van der Waals surface area contributed by atoms with Crippen LogP contribution in [0.3, 0.4) is 0 Å². The number of carbonyl (C=O) groups excluding carboxylic acids is 2. The normalized spacial score (nSPS) is 21.3. The lowest BCUT2D eigenvalue weighted by Crippen LogP contribution is -2.47. The van der Waals surface area contributed by atoms with Crippen molar-refractivity contribution in [3.63, 3.8) is 0 Å². The van der Waals surface area contributed by atoms with Crippen molar-refractivity contribution in [2.45, 2.75) is 57.4 Å². The van der Waals surface area contributed by atoms with Gasteiger partial charge < -0.3 is 10.2 Å². The van der Waals surface area contributed by atoms with E-state index in [0.29, 0.717) is 24.3 Å². The smallest absolute Gasteiger partial charge is 0.253 e. The van der Waals surface area contributed by atoms with Gasteiger partial charge in [-0.3, -0.25) is 14.3 Å². The van der Waals surface area contributed by atoms with Crippen molar-refractivity contribution < 1.29 is 18.0 Å². The Balaban J connectivity index is 1.57. The van der Waals surface area contributed by atoms with Gasteiger partial charge in [0.15, 0.2) is 0 Å². The van der Waals surface area contributed by atoms with Gasteiger partial charge in [-0.15, -0.1) is 0 Å². The largest absolute Gasteiger partial charge is 0.353 e. The first-order valence-electron chi connectivity index (χ1n) is 10.5. The van der Waals surface area contributed by atoms with Crippen LogP contribution in [-0.2, 0) is 14.8 Å². The molecule has 0 spiro atoms. The lowest BCUT2D eigenvalue weighted by atomic mass is 9.95. The van der Waals surface area contributed by atoms with E-state index in [2.05, 4.69) is 10.0 Å². The third kappa shape index (κ3) is 6.45. The maximum absolute atomic E-state index is 12.9. The van der Waals surface area contributed by atoms with E-state index in [9.17, 15) is 18.0 Å². The van der Waals surface area contributed by atoms with E-state index < -0.39 is 10.0 Å². The van der Waals surface area contributed by atoms with Crippen molar-refractivity contribution >= 4 is 27.5 Å². The van der Waals surface area contributed by atoms with Gasteiger partial charge in [0.05, 0.1) is 12.2 Å². The first kappa shape index (κ1) is 21.6. The molecule has 8 heteroatoms. The molecule has 1 atom stereocenters. The maximum atomic E-state index is 12.9. The summed E-state index contributed by atoms with van der Waals surface area (Å²) in [4.78, 5) is 27.3. The lowest BCUT2D eigenvalue weighted by molar-refractivity contribution is -0.127. The lowest BCUT2D eigenvalue weighted by Gasteiger charge is -2.33. The van der Waals surface area contributed by atoms with E-state index in [1.54, 1.807) is 29.2 Å². The quantitative estimate of drug-likeness (QED) is 0.715.